The number of carbonyl (C=O) groups excluding carboxylic acids is 2. The van der Waals surface area contributed by atoms with Crippen LogP contribution >= 0.6 is 11.6 Å². The fourth-order valence-electron chi connectivity index (χ4n) is 2.11. The molecule has 0 aromatic heterocycles. The summed E-state index contributed by atoms with van der Waals surface area (Å²) in [5.74, 6) is -1.24. The Kier molecular flexibility index (Phi) is 7.85. The van der Waals surface area contributed by atoms with Crippen LogP contribution in [0, 0.1) is 0 Å². The number of hydrogen-bond acceptors (Lipinski definition) is 5. The molecular weight excluding hydrogens is 368 g/mol. The van der Waals surface area contributed by atoms with Crippen LogP contribution in [0.5, 0.6) is 0 Å². The van der Waals surface area contributed by atoms with Gasteiger partial charge in [0.05, 0.1) is 10.6 Å². The first-order valence-corrected chi connectivity index (χ1v) is 9.71. The first-order chi connectivity index (χ1) is 11.6. The van der Waals surface area contributed by atoms with Crippen LogP contribution in [-0.2, 0) is 19.6 Å². The normalized spacial score (nSPS) is 11.6. The second-order valence-corrected chi connectivity index (χ2v) is 7.85. The number of carbonyl (C=O) groups is 2. The monoisotopic (exact) mass is 390 g/mol. The molecule has 140 valence electrons. The molecule has 9 heteroatoms. The zero-order chi connectivity index (χ0) is 19.2. The highest BCUT2D eigenvalue weighted by atomic mass is 35.5. The second-order valence-electron chi connectivity index (χ2n) is 5.53. The third-order valence-electron chi connectivity index (χ3n) is 3.27. The number of hydrogen-bond donors (Lipinski definition) is 1. The largest absolute Gasteiger partial charge is 0.452 e. The standard InChI is InChI=1S/C16H23ClN2O5S/c1-5-19(6-2)25(22,23)14-9-12(7-8-13(14)17)16(21)24-10-15(20)18-11(3)4/h7-9,11H,5-6,10H2,1-4H3,(H,18,20). The first-order valence-electron chi connectivity index (χ1n) is 7.89. The lowest BCUT2D eigenvalue weighted by atomic mass is 10.2. The molecule has 0 saturated carbocycles. The Labute approximate surface area is 153 Å². The number of nitrogens with zero attached hydrogens (tertiary/aromatic N) is 1. The molecule has 0 aliphatic heterocycles. The van der Waals surface area contributed by atoms with Crippen molar-refractivity contribution in [2.75, 3.05) is 19.7 Å². The number of ether oxygens (including phenoxy) is 1. The van der Waals surface area contributed by atoms with Crippen LogP contribution in [0.25, 0.3) is 0 Å². The van der Waals surface area contributed by atoms with Gasteiger partial charge in [0.2, 0.25) is 10.0 Å². The van der Waals surface area contributed by atoms with Crippen molar-refractivity contribution >= 4 is 33.5 Å². The van der Waals surface area contributed by atoms with Gasteiger partial charge in [-0.15, -0.1) is 0 Å². The molecule has 0 aliphatic carbocycles. The van der Waals surface area contributed by atoms with Gasteiger partial charge >= 0.3 is 5.97 Å². The maximum absolute atomic E-state index is 12.6. The molecule has 1 rings (SSSR count). The Balaban J connectivity index is 3.01. The number of amides is 1. The SMILES string of the molecule is CCN(CC)S(=O)(=O)c1cc(C(=O)OCC(=O)NC(C)C)ccc1Cl. The summed E-state index contributed by atoms with van der Waals surface area (Å²) in [5, 5.41) is 2.60. The molecule has 0 unspecified atom stereocenters. The van der Waals surface area contributed by atoms with E-state index in [0.29, 0.717) is 0 Å². The van der Waals surface area contributed by atoms with E-state index in [1.807, 2.05) is 0 Å². The summed E-state index contributed by atoms with van der Waals surface area (Å²) in [6, 6.07) is 3.76. The summed E-state index contributed by atoms with van der Waals surface area (Å²) in [4.78, 5) is 23.4. The molecule has 0 spiro atoms. The predicted molar refractivity (Wildman–Crippen MR) is 95.1 cm³/mol. The Hall–Kier alpha value is -1.64. The van der Waals surface area contributed by atoms with Gasteiger partial charge in [-0.25, -0.2) is 13.2 Å². The summed E-state index contributed by atoms with van der Waals surface area (Å²) >= 11 is 6.01. The average Bonchev–Trinajstić information content (AvgIpc) is 2.53. The topological polar surface area (TPSA) is 92.8 Å². The molecule has 0 heterocycles. The van der Waals surface area contributed by atoms with Gasteiger partial charge < -0.3 is 10.1 Å². The highest BCUT2D eigenvalue weighted by Crippen LogP contribution is 2.26. The van der Waals surface area contributed by atoms with Gasteiger partial charge in [0.15, 0.2) is 6.61 Å². The maximum Gasteiger partial charge on any atom is 0.338 e. The van der Waals surface area contributed by atoms with Crippen LogP contribution in [0.1, 0.15) is 38.1 Å². The zero-order valence-corrected chi connectivity index (χ0v) is 16.3. The third-order valence-corrected chi connectivity index (χ3v) is 5.81. The Bertz CT molecular complexity index is 730. The first kappa shape index (κ1) is 21.4. The summed E-state index contributed by atoms with van der Waals surface area (Å²) in [7, 11) is -3.82. The molecule has 1 amide bonds. The molecule has 25 heavy (non-hydrogen) atoms. The van der Waals surface area contributed by atoms with Crippen LogP contribution in [0.2, 0.25) is 5.02 Å². The lowest BCUT2D eigenvalue weighted by Crippen LogP contribution is -2.34. The lowest BCUT2D eigenvalue weighted by molar-refractivity contribution is -0.124. The van der Waals surface area contributed by atoms with E-state index in [1.165, 1.54) is 22.5 Å². The fourth-order valence-corrected chi connectivity index (χ4v) is 4.07. The van der Waals surface area contributed by atoms with E-state index in [-0.39, 0.29) is 34.6 Å². The highest BCUT2D eigenvalue weighted by Gasteiger charge is 2.26. The Morgan fingerprint density at radius 2 is 1.84 bits per heavy atom. The van der Waals surface area contributed by atoms with E-state index in [1.54, 1.807) is 27.7 Å². The third kappa shape index (κ3) is 5.69. The molecule has 1 aromatic rings. The minimum absolute atomic E-state index is 0.00692. The van der Waals surface area contributed by atoms with Crippen LogP contribution in [0.4, 0.5) is 0 Å². The lowest BCUT2D eigenvalue weighted by Gasteiger charge is -2.19. The molecule has 0 atom stereocenters. The van der Waals surface area contributed by atoms with Crippen molar-refractivity contribution in [3.63, 3.8) is 0 Å². The van der Waals surface area contributed by atoms with E-state index in [2.05, 4.69) is 5.32 Å². The van der Waals surface area contributed by atoms with Gasteiger partial charge in [-0.2, -0.15) is 4.31 Å². The van der Waals surface area contributed by atoms with Gasteiger partial charge in [-0.05, 0) is 32.0 Å². The van der Waals surface area contributed by atoms with Crippen LogP contribution in [0.3, 0.4) is 0 Å². The molecule has 0 radical (unpaired) electrons. The highest BCUT2D eigenvalue weighted by molar-refractivity contribution is 7.89. The van der Waals surface area contributed by atoms with E-state index in [9.17, 15) is 18.0 Å². The van der Waals surface area contributed by atoms with Crippen LogP contribution < -0.4 is 5.32 Å². The number of sulfonamides is 1. The zero-order valence-electron chi connectivity index (χ0n) is 14.7. The molecule has 0 bridgehead atoms. The summed E-state index contributed by atoms with van der Waals surface area (Å²) in [6.45, 7) is 7.09. The molecule has 0 saturated heterocycles. The van der Waals surface area contributed by atoms with Crippen LogP contribution in [-0.4, -0.2) is 50.3 Å². The number of nitrogens with one attached hydrogen (secondary N) is 1. The van der Waals surface area contributed by atoms with Gasteiger partial charge in [-0.1, -0.05) is 25.4 Å². The molecule has 0 aliphatic rings. The van der Waals surface area contributed by atoms with Crippen LogP contribution in [0.15, 0.2) is 23.1 Å². The predicted octanol–water partition coefficient (Wildman–Crippen LogP) is 2.05. The van der Waals surface area contributed by atoms with Gasteiger partial charge in [-0.3, -0.25) is 4.79 Å². The fraction of sp³-hybridized carbons (Fsp3) is 0.500. The van der Waals surface area contributed by atoms with Crippen molar-refractivity contribution < 1.29 is 22.7 Å². The van der Waals surface area contributed by atoms with Crippen molar-refractivity contribution in [3.05, 3.63) is 28.8 Å². The minimum Gasteiger partial charge on any atom is -0.452 e. The van der Waals surface area contributed by atoms with Crippen molar-refractivity contribution in [3.8, 4) is 0 Å². The maximum atomic E-state index is 12.6. The van der Waals surface area contributed by atoms with Gasteiger partial charge in [0.1, 0.15) is 4.90 Å². The summed E-state index contributed by atoms with van der Waals surface area (Å²) < 4.78 is 31.3. The summed E-state index contributed by atoms with van der Waals surface area (Å²) in [5.41, 5.74) is 0.00692. The minimum atomic E-state index is -3.82. The van der Waals surface area contributed by atoms with E-state index in [4.69, 9.17) is 16.3 Å². The van der Waals surface area contributed by atoms with Crippen molar-refractivity contribution in [2.24, 2.45) is 0 Å². The van der Waals surface area contributed by atoms with E-state index < -0.39 is 28.5 Å². The molecule has 0 fully saturated rings. The molecule has 7 nitrogen and oxygen atoms in total. The quantitative estimate of drug-likeness (QED) is 0.686. The van der Waals surface area contributed by atoms with E-state index in [0.717, 1.165) is 0 Å². The molecule has 1 N–H and O–H groups in total. The van der Waals surface area contributed by atoms with Gasteiger partial charge in [0, 0.05) is 19.1 Å². The number of benzene rings is 1. The van der Waals surface area contributed by atoms with Crippen molar-refractivity contribution in [2.45, 2.75) is 38.6 Å². The average molecular weight is 391 g/mol. The second kappa shape index (κ2) is 9.17. The number of rotatable bonds is 8. The molecule has 1 aromatic carbocycles. The Morgan fingerprint density at radius 1 is 1.24 bits per heavy atom. The molecular formula is C16H23ClN2O5S. The number of esters is 1. The number of halogens is 1. The van der Waals surface area contributed by atoms with Crippen molar-refractivity contribution in [1.29, 1.82) is 0 Å². The van der Waals surface area contributed by atoms with Crippen molar-refractivity contribution in [1.82, 2.24) is 9.62 Å². The smallest absolute Gasteiger partial charge is 0.338 e. The van der Waals surface area contributed by atoms with Gasteiger partial charge in [0.25, 0.3) is 5.91 Å². The van der Waals surface area contributed by atoms with E-state index >= 15 is 0 Å². The summed E-state index contributed by atoms with van der Waals surface area (Å²) in [6.07, 6.45) is 0. The Morgan fingerprint density at radius 3 is 2.36 bits per heavy atom.